The van der Waals surface area contributed by atoms with Crippen LogP contribution < -0.4 is 0 Å². The Morgan fingerprint density at radius 1 is 1.31 bits per heavy atom. The third-order valence-corrected chi connectivity index (χ3v) is 5.41. The highest BCUT2D eigenvalue weighted by Crippen LogP contribution is 2.34. The number of thioether (sulfide) groups is 1. The average molecular weight is 250 g/mol. The van der Waals surface area contributed by atoms with Crippen LogP contribution in [0.25, 0.3) is 10.1 Å². The summed E-state index contributed by atoms with van der Waals surface area (Å²) in [5.41, 5.74) is 0.847. The summed E-state index contributed by atoms with van der Waals surface area (Å²) >= 11 is 3.64. The van der Waals surface area contributed by atoms with Gasteiger partial charge >= 0.3 is 0 Å². The van der Waals surface area contributed by atoms with Gasteiger partial charge in [-0.15, -0.1) is 11.3 Å². The summed E-state index contributed by atoms with van der Waals surface area (Å²) in [4.78, 5) is 0. The van der Waals surface area contributed by atoms with Crippen molar-refractivity contribution in [2.75, 3.05) is 11.5 Å². The first-order chi connectivity index (χ1) is 7.77. The number of fused-ring (bicyclic) bond motifs is 1. The minimum atomic E-state index is -0.464. The molecule has 1 aliphatic rings. The van der Waals surface area contributed by atoms with E-state index in [-0.39, 0.29) is 0 Å². The molecule has 1 nitrogen and oxygen atoms in total. The molecule has 3 heteroatoms. The number of thiophene rings is 1. The first kappa shape index (κ1) is 10.6. The molecule has 0 aliphatic carbocycles. The fourth-order valence-electron chi connectivity index (χ4n) is 2.26. The summed E-state index contributed by atoms with van der Waals surface area (Å²) in [7, 11) is 0. The third kappa shape index (κ3) is 1.88. The maximum atomic E-state index is 10.4. The molecule has 1 saturated heterocycles. The van der Waals surface area contributed by atoms with E-state index in [0.29, 0.717) is 0 Å². The summed E-state index contributed by atoms with van der Waals surface area (Å²) in [5, 5.41) is 13.9. The topological polar surface area (TPSA) is 20.2 Å². The van der Waals surface area contributed by atoms with Crippen LogP contribution >= 0.6 is 23.1 Å². The van der Waals surface area contributed by atoms with E-state index in [9.17, 15) is 5.11 Å². The van der Waals surface area contributed by atoms with E-state index in [2.05, 4.69) is 29.6 Å². The Morgan fingerprint density at radius 2 is 2.19 bits per heavy atom. The highest BCUT2D eigenvalue weighted by molar-refractivity contribution is 7.99. The number of aliphatic hydroxyl groups is 1. The predicted molar refractivity (Wildman–Crippen MR) is 72.4 cm³/mol. The van der Waals surface area contributed by atoms with Crippen LogP contribution in [0.5, 0.6) is 0 Å². The van der Waals surface area contributed by atoms with Crippen LogP contribution in [-0.4, -0.2) is 22.2 Å². The van der Waals surface area contributed by atoms with Crippen LogP contribution in [0.2, 0.25) is 0 Å². The molecule has 0 radical (unpaired) electrons. The minimum absolute atomic E-state index is 0.464. The van der Waals surface area contributed by atoms with Crippen LogP contribution in [0.1, 0.15) is 12.0 Å². The van der Waals surface area contributed by atoms with Gasteiger partial charge in [0.25, 0.3) is 0 Å². The first-order valence-corrected chi connectivity index (χ1v) is 7.56. The van der Waals surface area contributed by atoms with Crippen LogP contribution in [0.15, 0.2) is 29.6 Å². The van der Waals surface area contributed by atoms with Gasteiger partial charge in [-0.25, -0.2) is 0 Å². The van der Waals surface area contributed by atoms with E-state index < -0.39 is 5.60 Å². The molecule has 0 spiro atoms. The molecular weight excluding hydrogens is 236 g/mol. The quantitative estimate of drug-likeness (QED) is 0.882. The second-order valence-electron chi connectivity index (χ2n) is 4.46. The van der Waals surface area contributed by atoms with Crippen molar-refractivity contribution in [1.82, 2.24) is 0 Å². The van der Waals surface area contributed by atoms with Gasteiger partial charge in [-0.05, 0) is 34.6 Å². The predicted octanol–water partition coefficient (Wildman–Crippen LogP) is 3.31. The lowest BCUT2D eigenvalue weighted by Crippen LogP contribution is -2.30. The second kappa shape index (κ2) is 4.06. The smallest absolute Gasteiger partial charge is 0.0786 e. The van der Waals surface area contributed by atoms with Gasteiger partial charge < -0.3 is 5.11 Å². The normalized spacial score (nSPS) is 25.3. The number of benzene rings is 1. The number of hydrogen-bond donors (Lipinski definition) is 1. The fourth-order valence-corrected chi connectivity index (χ4v) is 4.52. The van der Waals surface area contributed by atoms with Crippen LogP contribution in [0.3, 0.4) is 0 Å². The maximum Gasteiger partial charge on any atom is 0.0786 e. The van der Waals surface area contributed by atoms with Gasteiger partial charge in [0.1, 0.15) is 0 Å². The zero-order valence-electron chi connectivity index (χ0n) is 8.98. The van der Waals surface area contributed by atoms with Crippen LogP contribution in [-0.2, 0) is 6.42 Å². The van der Waals surface area contributed by atoms with Crippen molar-refractivity contribution in [3.8, 4) is 0 Å². The molecule has 1 fully saturated rings. The van der Waals surface area contributed by atoms with E-state index in [1.54, 1.807) is 11.3 Å². The molecule has 2 heterocycles. The summed E-state index contributed by atoms with van der Waals surface area (Å²) in [6.45, 7) is 0. The van der Waals surface area contributed by atoms with Gasteiger partial charge in [-0.3, -0.25) is 0 Å². The lowest BCUT2D eigenvalue weighted by atomic mass is 9.94. The largest absolute Gasteiger partial charge is 0.389 e. The summed E-state index contributed by atoms with van der Waals surface area (Å²) in [5.74, 6) is 1.98. The SMILES string of the molecule is OC1(Cc2csc3ccccc23)CCSC1. The Bertz CT molecular complexity index is 497. The molecule has 1 aliphatic heterocycles. The Morgan fingerprint density at radius 3 is 3.00 bits per heavy atom. The zero-order chi connectivity index (χ0) is 11.0. The van der Waals surface area contributed by atoms with E-state index in [1.807, 2.05) is 11.8 Å². The third-order valence-electron chi connectivity index (χ3n) is 3.16. The Balaban J connectivity index is 1.94. The molecule has 16 heavy (non-hydrogen) atoms. The molecule has 3 rings (SSSR count). The highest BCUT2D eigenvalue weighted by Gasteiger charge is 2.32. The van der Waals surface area contributed by atoms with E-state index >= 15 is 0 Å². The van der Waals surface area contributed by atoms with Crippen molar-refractivity contribution in [1.29, 1.82) is 0 Å². The monoisotopic (exact) mass is 250 g/mol. The minimum Gasteiger partial charge on any atom is -0.389 e. The zero-order valence-corrected chi connectivity index (χ0v) is 10.6. The standard InChI is InChI=1S/C13H14OS2/c14-13(5-6-15-9-13)7-10-8-16-12-4-2-1-3-11(10)12/h1-4,8,14H,5-7,9H2. The van der Waals surface area contributed by atoms with Gasteiger partial charge in [0.05, 0.1) is 5.60 Å². The van der Waals surface area contributed by atoms with Gasteiger partial charge in [0.2, 0.25) is 0 Å². The van der Waals surface area contributed by atoms with E-state index in [1.165, 1.54) is 15.6 Å². The molecular formula is C13H14OS2. The van der Waals surface area contributed by atoms with Crippen molar-refractivity contribution in [2.24, 2.45) is 0 Å². The van der Waals surface area contributed by atoms with Crippen molar-refractivity contribution >= 4 is 33.2 Å². The molecule has 0 amide bonds. The second-order valence-corrected chi connectivity index (χ2v) is 6.48. The molecule has 1 aromatic carbocycles. The molecule has 1 unspecified atom stereocenters. The van der Waals surface area contributed by atoms with Crippen LogP contribution in [0.4, 0.5) is 0 Å². The number of rotatable bonds is 2. The van der Waals surface area contributed by atoms with Gasteiger partial charge in [-0.2, -0.15) is 11.8 Å². The van der Waals surface area contributed by atoms with Crippen molar-refractivity contribution in [3.63, 3.8) is 0 Å². The lowest BCUT2D eigenvalue weighted by molar-refractivity contribution is 0.0690. The summed E-state index contributed by atoms with van der Waals surface area (Å²) in [6, 6.07) is 8.46. The number of hydrogen-bond acceptors (Lipinski definition) is 3. The molecule has 1 atom stereocenters. The molecule has 0 bridgehead atoms. The van der Waals surface area contributed by atoms with Gasteiger partial charge in [-0.1, -0.05) is 18.2 Å². The van der Waals surface area contributed by atoms with E-state index in [0.717, 1.165) is 24.3 Å². The Hall–Kier alpha value is -0.510. The first-order valence-electron chi connectivity index (χ1n) is 5.52. The van der Waals surface area contributed by atoms with E-state index in [4.69, 9.17) is 0 Å². The summed E-state index contributed by atoms with van der Waals surface area (Å²) < 4.78 is 1.33. The highest BCUT2D eigenvalue weighted by atomic mass is 32.2. The fraction of sp³-hybridized carbons (Fsp3) is 0.385. The molecule has 0 saturated carbocycles. The average Bonchev–Trinajstić information content (AvgIpc) is 2.87. The molecule has 2 aromatic rings. The molecule has 84 valence electrons. The van der Waals surface area contributed by atoms with Crippen LogP contribution in [0, 0.1) is 0 Å². The van der Waals surface area contributed by atoms with Gasteiger partial charge in [0.15, 0.2) is 0 Å². The molecule has 1 aromatic heterocycles. The van der Waals surface area contributed by atoms with Crippen molar-refractivity contribution in [3.05, 3.63) is 35.2 Å². The van der Waals surface area contributed by atoms with Crippen molar-refractivity contribution in [2.45, 2.75) is 18.4 Å². The maximum absolute atomic E-state index is 10.4. The lowest BCUT2D eigenvalue weighted by Gasteiger charge is -2.20. The summed E-state index contributed by atoms with van der Waals surface area (Å²) in [6.07, 6.45) is 1.74. The van der Waals surface area contributed by atoms with Gasteiger partial charge in [0, 0.05) is 16.9 Å². The van der Waals surface area contributed by atoms with Crippen molar-refractivity contribution < 1.29 is 5.11 Å². The molecule has 1 N–H and O–H groups in total. The Kier molecular flexibility index (Phi) is 2.70. The Labute approximate surface area is 103 Å².